The van der Waals surface area contributed by atoms with E-state index in [1.165, 1.54) is 5.56 Å². The van der Waals surface area contributed by atoms with Gasteiger partial charge < -0.3 is 10.3 Å². The summed E-state index contributed by atoms with van der Waals surface area (Å²) in [6, 6.07) is 10.1. The van der Waals surface area contributed by atoms with Crippen LogP contribution in [0.4, 0.5) is 0 Å². The van der Waals surface area contributed by atoms with Gasteiger partial charge in [-0.15, -0.1) is 0 Å². The average molecular weight is 315 g/mol. The van der Waals surface area contributed by atoms with Crippen molar-refractivity contribution in [3.05, 3.63) is 58.5 Å². The molecule has 22 heavy (non-hydrogen) atoms. The number of hydrogen-bond donors (Lipinski definition) is 1. The molecule has 1 unspecified atom stereocenters. The number of benzene rings is 1. The number of aryl methyl sites for hydroxylation is 1. The third-order valence-corrected chi connectivity index (χ3v) is 4.05. The highest BCUT2D eigenvalue weighted by atomic mass is 35.5. The van der Waals surface area contributed by atoms with Crippen molar-refractivity contribution in [1.82, 2.24) is 14.5 Å². The summed E-state index contributed by atoms with van der Waals surface area (Å²) in [6.45, 7) is 4.67. The van der Waals surface area contributed by atoms with Gasteiger partial charge in [-0.05, 0) is 43.2 Å². The van der Waals surface area contributed by atoms with E-state index in [1.807, 2.05) is 37.4 Å². The van der Waals surface area contributed by atoms with E-state index >= 15 is 0 Å². The van der Waals surface area contributed by atoms with Gasteiger partial charge in [0.15, 0.2) is 5.65 Å². The van der Waals surface area contributed by atoms with Crippen LogP contribution in [-0.2, 0) is 6.42 Å². The van der Waals surface area contributed by atoms with E-state index in [4.69, 9.17) is 22.3 Å². The van der Waals surface area contributed by atoms with Crippen molar-refractivity contribution in [3.8, 4) is 0 Å². The van der Waals surface area contributed by atoms with E-state index < -0.39 is 0 Å². The first-order chi connectivity index (χ1) is 10.6. The Hall–Kier alpha value is -1.91. The standard InChI is InChI=1S/C17H19ClN4/c1-11-7-15-17(20-10-11)22(12(2)9-19)16(21-15)8-13-3-5-14(18)6-4-13/h3-7,10,12H,8-9,19H2,1-2H3. The Morgan fingerprint density at radius 3 is 2.68 bits per heavy atom. The SMILES string of the molecule is Cc1cnc2c(c1)nc(Cc1ccc(Cl)cc1)n2C(C)CN. The summed E-state index contributed by atoms with van der Waals surface area (Å²) in [4.78, 5) is 9.32. The number of pyridine rings is 1. The fourth-order valence-corrected chi connectivity index (χ4v) is 2.73. The highest BCUT2D eigenvalue weighted by Crippen LogP contribution is 2.22. The zero-order chi connectivity index (χ0) is 15.7. The molecular weight excluding hydrogens is 296 g/mol. The maximum absolute atomic E-state index is 5.95. The van der Waals surface area contributed by atoms with Crippen molar-refractivity contribution in [2.75, 3.05) is 6.54 Å². The Morgan fingerprint density at radius 1 is 1.27 bits per heavy atom. The molecule has 1 atom stereocenters. The van der Waals surface area contributed by atoms with Gasteiger partial charge in [0, 0.05) is 30.2 Å². The first kappa shape index (κ1) is 15.0. The molecule has 0 amide bonds. The molecule has 114 valence electrons. The van der Waals surface area contributed by atoms with E-state index in [1.54, 1.807) is 0 Å². The molecule has 0 radical (unpaired) electrons. The highest BCUT2D eigenvalue weighted by Gasteiger charge is 2.16. The topological polar surface area (TPSA) is 56.7 Å². The molecule has 0 aliphatic rings. The summed E-state index contributed by atoms with van der Waals surface area (Å²) in [5, 5.41) is 0.741. The monoisotopic (exact) mass is 314 g/mol. The molecule has 1 aromatic carbocycles. The lowest BCUT2D eigenvalue weighted by Gasteiger charge is -2.15. The molecule has 5 heteroatoms. The largest absolute Gasteiger partial charge is 0.328 e. The van der Waals surface area contributed by atoms with Crippen LogP contribution in [0.5, 0.6) is 0 Å². The minimum Gasteiger partial charge on any atom is -0.328 e. The number of aromatic nitrogens is 3. The summed E-state index contributed by atoms with van der Waals surface area (Å²) in [7, 11) is 0. The van der Waals surface area contributed by atoms with E-state index in [0.717, 1.165) is 34.0 Å². The Bertz CT molecular complexity index is 792. The van der Waals surface area contributed by atoms with Crippen LogP contribution in [0.1, 0.15) is 29.9 Å². The number of nitrogens with zero attached hydrogens (tertiary/aromatic N) is 3. The molecule has 3 aromatic rings. The lowest BCUT2D eigenvalue weighted by Crippen LogP contribution is -2.18. The first-order valence-electron chi connectivity index (χ1n) is 7.36. The minimum absolute atomic E-state index is 0.155. The second-order valence-electron chi connectivity index (χ2n) is 5.64. The molecule has 0 spiro atoms. The van der Waals surface area contributed by atoms with Crippen molar-refractivity contribution < 1.29 is 0 Å². The lowest BCUT2D eigenvalue weighted by molar-refractivity contribution is 0.549. The van der Waals surface area contributed by atoms with E-state index in [-0.39, 0.29) is 6.04 Å². The second-order valence-corrected chi connectivity index (χ2v) is 6.08. The van der Waals surface area contributed by atoms with Crippen LogP contribution in [-0.4, -0.2) is 21.1 Å². The van der Waals surface area contributed by atoms with E-state index in [2.05, 4.69) is 22.5 Å². The smallest absolute Gasteiger partial charge is 0.160 e. The Morgan fingerprint density at radius 2 is 2.00 bits per heavy atom. The number of fused-ring (bicyclic) bond motifs is 1. The van der Waals surface area contributed by atoms with Gasteiger partial charge in [-0.25, -0.2) is 9.97 Å². The third-order valence-electron chi connectivity index (χ3n) is 3.80. The van der Waals surface area contributed by atoms with Crippen molar-refractivity contribution in [1.29, 1.82) is 0 Å². The van der Waals surface area contributed by atoms with Crippen LogP contribution < -0.4 is 5.73 Å². The Kier molecular flexibility index (Phi) is 4.14. The van der Waals surface area contributed by atoms with Gasteiger partial charge in [0.2, 0.25) is 0 Å². The van der Waals surface area contributed by atoms with Gasteiger partial charge in [0.25, 0.3) is 0 Å². The molecule has 2 aromatic heterocycles. The minimum atomic E-state index is 0.155. The number of halogens is 1. The molecule has 0 aliphatic heterocycles. The summed E-state index contributed by atoms with van der Waals surface area (Å²) >= 11 is 5.95. The number of rotatable bonds is 4. The van der Waals surface area contributed by atoms with Crippen molar-refractivity contribution in [2.24, 2.45) is 5.73 Å². The Labute approximate surface area is 134 Å². The quantitative estimate of drug-likeness (QED) is 0.802. The summed E-state index contributed by atoms with van der Waals surface area (Å²) in [5.41, 5.74) is 9.96. The van der Waals surface area contributed by atoms with Gasteiger partial charge in [-0.3, -0.25) is 0 Å². The highest BCUT2D eigenvalue weighted by molar-refractivity contribution is 6.30. The molecule has 0 bridgehead atoms. The van der Waals surface area contributed by atoms with Gasteiger partial charge >= 0.3 is 0 Å². The molecule has 0 aliphatic carbocycles. The van der Waals surface area contributed by atoms with Crippen LogP contribution in [0.2, 0.25) is 5.02 Å². The number of nitrogens with two attached hydrogens (primary N) is 1. The summed E-state index contributed by atoms with van der Waals surface area (Å²) < 4.78 is 2.14. The predicted molar refractivity (Wildman–Crippen MR) is 90.3 cm³/mol. The fraction of sp³-hybridized carbons (Fsp3) is 0.294. The predicted octanol–water partition coefficient (Wildman–Crippen LogP) is 3.50. The molecule has 4 nitrogen and oxygen atoms in total. The van der Waals surface area contributed by atoms with E-state index in [9.17, 15) is 0 Å². The molecule has 3 rings (SSSR count). The van der Waals surface area contributed by atoms with Crippen LogP contribution >= 0.6 is 11.6 Å². The maximum Gasteiger partial charge on any atom is 0.160 e. The second kappa shape index (κ2) is 6.07. The first-order valence-corrected chi connectivity index (χ1v) is 7.74. The number of imidazole rings is 1. The average Bonchev–Trinajstić information content (AvgIpc) is 2.85. The third kappa shape index (κ3) is 2.85. The lowest BCUT2D eigenvalue weighted by atomic mass is 10.1. The summed E-state index contributed by atoms with van der Waals surface area (Å²) in [5.74, 6) is 0.980. The van der Waals surface area contributed by atoms with Crippen molar-refractivity contribution in [3.63, 3.8) is 0 Å². The van der Waals surface area contributed by atoms with Gasteiger partial charge in [-0.1, -0.05) is 23.7 Å². The van der Waals surface area contributed by atoms with Crippen LogP contribution in [0.3, 0.4) is 0 Å². The molecule has 0 fully saturated rings. The number of hydrogen-bond acceptors (Lipinski definition) is 3. The summed E-state index contributed by atoms with van der Waals surface area (Å²) in [6.07, 6.45) is 2.60. The van der Waals surface area contributed by atoms with Gasteiger partial charge in [0.05, 0.1) is 0 Å². The van der Waals surface area contributed by atoms with Gasteiger partial charge in [-0.2, -0.15) is 0 Å². The maximum atomic E-state index is 5.95. The molecule has 0 saturated heterocycles. The zero-order valence-electron chi connectivity index (χ0n) is 12.8. The fourth-order valence-electron chi connectivity index (χ4n) is 2.61. The molecule has 2 N–H and O–H groups in total. The normalized spacial score (nSPS) is 12.7. The van der Waals surface area contributed by atoms with Crippen molar-refractivity contribution in [2.45, 2.75) is 26.3 Å². The van der Waals surface area contributed by atoms with Crippen molar-refractivity contribution >= 4 is 22.8 Å². The van der Waals surface area contributed by atoms with Crippen LogP contribution in [0.15, 0.2) is 36.5 Å². The Balaban J connectivity index is 2.08. The molecule has 2 heterocycles. The molecular formula is C17H19ClN4. The van der Waals surface area contributed by atoms with Gasteiger partial charge in [0.1, 0.15) is 11.3 Å². The zero-order valence-corrected chi connectivity index (χ0v) is 13.5. The van der Waals surface area contributed by atoms with Crippen LogP contribution in [0.25, 0.3) is 11.2 Å². The van der Waals surface area contributed by atoms with E-state index in [0.29, 0.717) is 6.54 Å². The molecule has 0 saturated carbocycles. The van der Waals surface area contributed by atoms with Crippen LogP contribution in [0, 0.1) is 6.92 Å².